The lowest BCUT2D eigenvalue weighted by Crippen LogP contribution is -2.16. The number of carbonyl (C=O) groups excluding carboxylic acids is 1. The van der Waals surface area contributed by atoms with Crippen LogP contribution >= 0.6 is 15.9 Å². The molecule has 3 heterocycles. The molecule has 2 aromatic rings. The van der Waals surface area contributed by atoms with Gasteiger partial charge >= 0.3 is 5.97 Å². The Labute approximate surface area is 138 Å². The molecule has 1 aromatic heterocycles. The number of pyridine rings is 1. The van der Waals surface area contributed by atoms with Gasteiger partial charge in [0, 0.05) is 15.7 Å². The molecule has 0 bridgehead atoms. The highest BCUT2D eigenvalue weighted by atomic mass is 79.9. The first kappa shape index (κ1) is 14.1. The molecule has 0 spiro atoms. The van der Waals surface area contributed by atoms with Crippen molar-refractivity contribution in [3.63, 3.8) is 0 Å². The highest BCUT2D eigenvalue weighted by Crippen LogP contribution is 2.39. The van der Waals surface area contributed by atoms with Gasteiger partial charge in [0.25, 0.3) is 5.56 Å². The zero-order valence-corrected chi connectivity index (χ0v) is 13.5. The Hall–Kier alpha value is -2.54. The van der Waals surface area contributed by atoms with Gasteiger partial charge in [-0.3, -0.25) is 4.79 Å². The van der Waals surface area contributed by atoms with Gasteiger partial charge in [0.2, 0.25) is 6.79 Å². The molecule has 0 unspecified atom stereocenters. The van der Waals surface area contributed by atoms with Crippen molar-refractivity contribution >= 4 is 33.7 Å². The molecule has 7 heteroatoms. The minimum atomic E-state index is -0.649. The number of halogens is 1. The Morgan fingerprint density at radius 1 is 1.17 bits per heavy atom. The number of carbonyl (C=O) groups is 1. The number of aryl methyl sites for hydroxylation is 1. The van der Waals surface area contributed by atoms with E-state index < -0.39 is 11.5 Å². The predicted octanol–water partition coefficient (Wildman–Crippen LogP) is 2.84. The van der Waals surface area contributed by atoms with Gasteiger partial charge in [0.15, 0.2) is 11.5 Å². The maximum Gasteiger partial charge on any atom is 0.349 e. The van der Waals surface area contributed by atoms with Crippen LogP contribution in [0.5, 0.6) is 11.5 Å². The second-order valence-corrected chi connectivity index (χ2v) is 6.05. The van der Waals surface area contributed by atoms with Gasteiger partial charge in [-0.15, -0.1) is 0 Å². The van der Waals surface area contributed by atoms with Crippen LogP contribution in [0.15, 0.2) is 27.5 Å². The van der Waals surface area contributed by atoms with Gasteiger partial charge in [0.1, 0.15) is 11.3 Å². The first-order chi connectivity index (χ1) is 11.0. The van der Waals surface area contributed by atoms with Gasteiger partial charge in [-0.2, -0.15) is 0 Å². The molecule has 0 saturated carbocycles. The van der Waals surface area contributed by atoms with Crippen LogP contribution in [0, 0.1) is 6.92 Å². The number of rotatable bonds is 1. The van der Waals surface area contributed by atoms with E-state index in [1.807, 2.05) is 0 Å². The van der Waals surface area contributed by atoms with Crippen LogP contribution in [0.3, 0.4) is 0 Å². The fourth-order valence-electron chi connectivity index (χ4n) is 2.58. The molecule has 4 rings (SSSR count). The van der Waals surface area contributed by atoms with Gasteiger partial charge in [-0.1, -0.05) is 15.9 Å². The molecular weight excluding hydrogens is 366 g/mol. The number of hydrogen-bond acceptors (Lipinski definition) is 5. The van der Waals surface area contributed by atoms with E-state index in [4.69, 9.17) is 14.2 Å². The van der Waals surface area contributed by atoms with Crippen molar-refractivity contribution in [1.29, 1.82) is 0 Å². The number of esters is 1. The van der Waals surface area contributed by atoms with Crippen molar-refractivity contribution in [3.8, 4) is 11.5 Å². The average Bonchev–Trinajstić information content (AvgIpc) is 3.04. The summed E-state index contributed by atoms with van der Waals surface area (Å²) in [5.41, 5.74) is 1.48. The molecule has 2 aliphatic heterocycles. The summed E-state index contributed by atoms with van der Waals surface area (Å²) in [5, 5.41) is 0. The first-order valence-electron chi connectivity index (χ1n) is 6.80. The number of ether oxygens (including phenoxy) is 3. The normalized spacial score (nSPS) is 16.6. The molecule has 1 N–H and O–H groups in total. The van der Waals surface area contributed by atoms with Crippen LogP contribution in [0.25, 0.3) is 11.8 Å². The monoisotopic (exact) mass is 375 g/mol. The van der Waals surface area contributed by atoms with E-state index in [0.29, 0.717) is 28.5 Å². The molecule has 23 heavy (non-hydrogen) atoms. The Kier molecular flexibility index (Phi) is 3.05. The molecule has 116 valence electrons. The highest BCUT2D eigenvalue weighted by Gasteiger charge is 2.30. The fourth-order valence-corrected chi connectivity index (χ4v) is 3.02. The minimum Gasteiger partial charge on any atom is -0.454 e. The minimum absolute atomic E-state index is 0.0266. The summed E-state index contributed by atoms with van der Waals surface area (Å²) in [4.78, 5) is 26.5. The van der Waals surface area contributed by atoms with Crippen molar-refractivity contribution in [3.05, 3.63) is 55.4 Å². The maximum atomic E-state index is 11.9. The molecule has 2 aliphatic rings. The molecule has 6 nitrogen and oxygen atoms in total. The van der Waals surface area contributed by atoms with Gasteiger partial charge < -0.3 is 19.2 Å². The first-order valence-corrected chi connectivity index (χ1v) is 7.59. The summed E-state index contributed by atoms with van der Waals surface area (Å²) in [6, 6.07) is 5.29. The van der Waals surface area contributed by atoms with Crippen LogP contribution in [-0.4, -0.2) is 17.7 Å². The standard InChI is InChI=1S/C16H10BrNO5/c1-7-2-9-11(23-16(20)14(9)15(19)18-7)3-8-4-12-13(5-10(8)17)22-6-21-12/h2-5H,6H2,1H3,(H,18,19). The third-order valence-corrected chi connectivity index (χ3v) is 4.31. The lowest BCUT2D eigenvalue weighted by atomic mass is 10.1. The fraction of sp³-hybridized carbons (Fsp3) is 0.125. The van der Waals surface area contributed by atoms with E-state index >= 15 is 0 Å². The molecule has 0 radical (unpaired) electrons. The predicted molar refractivity (Wildman–Crippen MR) is 85.4 cm³/mol. The van der Waals surface area contributed by atoms with Crippen molar-refractivity contribution in [1.82, 2.24) is 4.98 Å². The molecule has 1 aromatic carbocycles. The van der Waals surface area contributed by atoms with Gasteiger partial charge in [-0.05, 0) is 36.8 Å². The highest BCUT2D eigenvalue weighted by molar-refractivity contribution is 9.10. The number of nitrogens with one attached hydrogen (secondary N) is 1. The molecular formula is C16H10BrNO5. The third kappa shape index (κ3) is 2.24. The summed E-state index contributed by atoms with van der Waals surface area (Å²) in [7, 11) is 0. The smallest absolute Gasteiger partial charge is 0.349 e. The lowest BCUT2D eigenvalue weighted by molar-refractivity contribution is 0.0715. The number of hydrogen-bond donors (Lipinski definition) is 1. The largest absolute Gasteiger partial charge is 0.454 e. The molecule has 0 saturated heterocycles. The average molecular weight is 376 g/mol. The van der Waals surface area contributed by atoms with E-state index in [1.54, 1.807) is 31.2 Å². The van der Waals surface area contributed by atoms with E-state index in [9.17, 15) is 9.59 Å². The number of cyclic esters (lactones) is 1. The van der Waals surface area contributed by atoms with Crippen molar-refractivity contribution in [2.75, 3.05) is 6.79 Å². The number of aromatic nitrogens is 1. The zero-order chi connectivity index (χ0) is 16.1. The Morgan fingerprint density at radius 2 is 1.91 bits per heavy atom. The summed E-state index contributed by atoms with van der Waals surface area (Å²) < 4.78 is 16.7. The molecule has 0 fully saturated rings. The van der Waals surface area contributed by atoms with Crippen LogP contribution in [-0.2, 0) is 4.74 Å². The molecule has 0 amide bonds. The third-order valence-electron chi connectivity index (χ3n) is 3.62. The van der Waals surface area contributed by atoms with Crippen LogP contribution in [0.2, 0.25) is 0 Å². The SMILES string of the molecule is Cc1cc2c(c(=O)[nH]1)C(=O)OC2=Cc1cc2c(cc1Br)OCO2. The topological polar surface area (TPSA) is 77.6 Å². The quantitative estimate of drug-likeness (QED) is 0.775. The summed E-state index contributed by atoms with van der Waals surface area (Å²) in [5.74, 6) is 0.949. The van der Waals surface area contributed by atoms with E-state index in [-0.39, 0.29) is 12.4 Å². The number of aromatic amines is 1. The van der Waals surface area contributed by atoms with Gasteiger partial charge in [-0.25, -0.2) is 4.79 Å². The maximum absolute atomic E-state index is 11.9. The Morgan fingerprint density at radius 3 is 2.70 bits per heavy atom. The van der Waals surface area contributed by atoms with E-state index in [1.165, 1.54) is 0 Å². The number of H-pyrrole nitrogens is 1. The van der Waals surface area contributed by atoms with Crippen LogP contribution in [0.1, 0.15) is 27.2 Å². The molecule has 0 aliphatic carbocycles. The van der Waals surface area contributed by atoms with Crippen molar-refractivity contribution in [2.45, 2.75) is 6.92 Å². The summed E-state index contributed by atoms with van der Waals surface area (Å²) in [6.07, 6.45) is 1.69. The number of fused-ring (bicyclic) bond motifs is 2. The number of benzene rings is 1. The van der Waals surface area contributed by atoms with Crippen molar-refractivity contribution in [2.24, 2.45) is 0 Å². The second-order valence-electron chi connectivity index (χ2n) is 5.20. The second kappa shape index (κ2) is 4.99. The Balaban J connectivity index is 1.86. The van der Waals surface area contributed by atoms with E-state index in [0.717, 1.165) is 10.0 Å². The van der Waals surface area contributed by atoms with Crippen molar-refractivity contribution < 1.29 is 19.0 Å². The van der Waals surface area contributed by atoms with Crippen LogP contribution < -0.4 is 15.0 Å². The van der Waals surface area contributed by atoms with Crippen LogP contribution in [0.4, 0.5) is 0 Å². The molecule has 0 atom stereocenters. The lowest BCUT2D eigenvalue weighted by Gasteiger charge is -2.04. The summed E-state index contributed by atoms with van der Waals surface area (Å²) in [6.45, 7) is 1.92. The Bertz CT molecular complexity index is 944. The zero-order valence-electron chi connectivity index (χ0n) is 11.9. The van der Waals surface area contributed by atoms with Gasteiger partial charge in [0.05, 0.1) is 0 Å². The van der Waals surface area contributed by atoms with E-state index in [2.05, 4.69) is 20.9 Å². The summed E-state index contributed by atoms with van der Waals surface area (Å²) >= 11 is 3.45.